The van der Waals surface area contributed by atoms with Crippen LogP contribution in [-0.2, 0) is 31.8 Å². The first-order chi connectivity index (χ1) is 13.3. The largest absolute Gasteiger partial charge is 0.506 e. The average molecular weight is 410 g/mol. The molecule has 2 rings (SSSR count). The fourth-order valence-electron chi connectivity index (χ4n) is 2.32. The fourth-order valence-corrected chi connectivity index (χ4v) is 3.78. The van der Waals surface area contributed by atoms with Crippen LogP contribution in [0.4, 0.5) is 0 Å². The highest BCUT2D eigenvalue weighted by Crippen LogP contribution is 2.46. The lowest BCUT2D eigenvalue weighted by molar-refractivity contribution is -0.142. The third-order valence-electron chi connectivity index (χ3n) is 3.85. The number of hydrogen-bond donors (Lipinski definition) is 3. The molecule has 28 heavy (non-hydrogen) atoms. The summed E-state index contributed by atoms with van der Waals surface area (Å²) >= 11 is 0. The predicted molar refractivity (Wildman–Crippen MR) is 101 cm³/mol. The monoisotopic (exact) mass is 410 g/mol. The Kier molecular flexibility index (Phi) is 7.53. The Labute approximate surface area is 162 Å². The minimum Gasteiger partial charge on any atom is -0.506 e. The summed E-state index contributed by atoms with van der Waals surface area (Å²) in [6.45, 7) is 2.29. The van der Waals surface area contributed by atoms with Gasteiger partial charge in [-0.15, -0.1) is 0 Å². The number of aromatic nitrogens is 1. The van der Waals surface area contributed by atoms with E-state index in [1.165, 1.54) is 20.2 Å². The summed E-state index contributed by atoms with van der Waals surface area (Å²) in [5.74, 6) is -0.549. The van der Waals surface area contributed by atoms with Crippen molar-refractivity contribution < 1.29 is 33.4 Å². The number of carbonyl (C=O) groups is 1. The highest BCUT2D eigenvalue weighted by molar-refractivity contribution is 7.52. The second kappa shape index (κ2) is 9.66. The molecule has 1 unspecified atom stereocenters. The van der Waals surface area contributed by atoms with E-state index in [-0.39, 0.29) is 23.7 Å². The Balaban J connectivity index is 2.26. The number of rotatable bonds is 9. The van der Waals surface area contributed by atoms with Gasteiger partial charge in [-0.25, -0.2) is 4.57 Å². The zero-order valence-corrected chi connectivity index (χ0v) is 16.7. The molecule has 0 aliphatic heterocycles. The highest BCUT2D eigenvalue weighted by atomic mass is 31.2. The molecule has 0 saturated carbocycles. The summed E-state index contributed by atoms with van der Waals surface area (Å²) in [6, 6.07) is 7.33. The SMILES string of the molecule is COC(=O)[C@H](C)NP(=O)(OCc1cnc(C)c(O)c1CO)Oc1ccccc1. The van der Waals surface area contributed by atoms with Gasteiger partial charge < -0.3 is 19.5 Å². The van der Waals surface area contributed by atoms with Crippen molar-refractivity contribution in [1.82, 2.24) is 10.1 Å². The minimum atomic E-state index is -4.03. The predicted octanol–water partition coefficient (Wildman–Crippen LogP) is 2.44. The molecule has 152 valence electrons. The molecule has 10 heteroatoms. The van der Waals surface area contributed by atoms with E-state index in [1.54, 1.807) is 37.3 Å². The molecule has 0 radical (unpaired) electrons. The Hall–Kier alpha value is -2.45. The normalized spacial score (nSPS) is 14.1. The maximum absolute atomic E-state index is 13.2. The second-order valence-electron chi connectivity index (χ2n) is 5.90. The van der Waals surface area contributed by atoms with Crippen LogP contribution in [0.3, 0.4) is 0 Å². The van der Waals surface area contributed by atoms with Gasteiger partial charge >= 0.3 is 13.7 Å². The lowest BCUT2D eigenvalue weighted by Crippen LogP contribution is -2.34. The smallest absolute Gasteiger partial charge is 0.459 e. The van der Waals surface area contributed by atoms with Crippen LogP contribution in [0, 0.1) is 6.92 Å². The van der Waals surface area contributed by atoms with Crippen molar-refractivity contribution >= 4 is 13.7 Å². The van der Waals surface area contributed by atoms with Gasteiger partial charge in [0.25, 0.3) is 0 Å². The summed E-state index contributed by atoms with van der Waals surface area (Å²) in [5, 5.41) is 22.1. The minimum absolute atomic E-state index is 0.168. The Morgan fingerprint density at radius 1 is 1.32 bits per heavy atom. The van der Waals surface area contributed by atoms with Crippen molar-refractivity contribution in [2.24, 2.45) is 0 Å². The average Bonchev–Trinajstić information content (AvgIpc) is 2.68. The zero-order chi connectivity index (χ0) is 20.7. The van der Waals surface area contributed by atoms with Crippen molar-refractivity contribution in [3.05, 3.63) is 53.3 Å². The number of esters is 1. The van der Waals surface area contributed by atoms with Crippen molar-refractivity contribution in [1.29, 1.82) is 0 Å². The third kappa shape index (κ3) is 5.53. The molecular weight excluding hydrogens is 387 g/mol. The molecule has 0 fully saturated rings. The van der Waals surface area contributed by atoms with E-state index in [9.17, 15) is 19.6 Å². The number of nitrogens with one attached hydrogen (secondary N) is 1. The zero-order valence-electron chi connectivity index (χ0n) is 15.8. The molecule has 2 aromatic rings. The summed E-state index contributed by atoms with van der Waals surface area (Å²) in [6.07, 6.45) is 1.40. The molecule has 1 heterocycles. The number of benzene rings is 1. The van der Waals surface area contributed by atoms with Crippen LogP contribution in [-0.4, -0.2) is 34.3 Å². The number of nitrogens with zero attached hydrogens (tertiary/aromatic N) is 1. The first-order valence-corrected chi connectivity index (χ1v) is 9.96. The van der Waals surface area contributed by atoms with Crippen LogP contribution >= 0.6 is 7.75 Å². The molecular formula is C18H23N2O7P. The van der Waals surface area contributed by atoms with Gasteiger partial charge in [-0.1, -0.05) is 18.2 Å². The number of carbonyl (C=O) groups excluding carboxylic acids is 1. The van der Waals surface area contributed by atoms with Gasteiger partial charge in [-0.05, 0) is 26.0 Å². The number of aliphatic hydroxyl groups is 1. The van der Waals surface area contributed by atoms with Crippen LogP contribution in [0.1, 0.15) is 23.7 Å². The summed E-state index contributed by atoms with van der Waals surface area (Å²) in [4.78, 5) is 15.7. The molecule has 0 saturated heterocycles. The molecule has 0 aliphatic rings. The van der Waals surface area contributed by atoms with E-state index in [2.05, 4.69) is 14.8 Å². The van der Waals surface area contributed by atoms with Crippen LogP contribution in [0.5, 0.6) is 11.5 Å². The van der Waals surface area contributed by atoms with Gasteiger partial charge in [0, 0.05) is 17.3 Å². The van der Waals surface area contributed by atoms with Gasteiger partial charge in [-0.2, -0.15) is 5.09 Å². The van der Waals surface area contributed by atoms with Crippen molar-refractivity contribution in [3.63, 3.8) is 0 Å². The quantitative estimate of drug-likeness (QED) is 0.422. The van der Waals surface area contributed by atoms with E-state index < -0.39 is 26.4 Å². The number of hydrogen-bond acceptors (Lipinski definition) is 8. The van der Waals surface area contributed by atoms with Crippen LogP contribution < -0.4 is 9.61 Å². The maximum atomic E-state index is 13.2. The first kappa shape index (κ1) is 21.8. The van der Waals surface area contributed by atoms with Crippen LogP contribution in [0.25, 0.3) is 0 Å². The molecule has 0 bridgehead atoms. The fraction of sp³-hybridized carbons (Fsp3) is 0.333. The van der Waals surface area contributed by atoms with Crippen molar-refractivity contribution in [3.8, 4) is 11.5 Å². The number of aryl methyl sites for hydroxylation is 1. The van der Waals surface area contributed by atoms with Crippen molar-refractivity contribution in [2.45, 2.75) is 33.1 Å². The number of aliphatic hydroxyl groups excluding tert-OH is 1. The summed E-state index contributed by atoms with van der Waals surface area (Å²) in [5.41, 5.74) is 0.878. The van der Waals surface area contributed by atoms with E-state index in [0.29, 0.717) is 11.3 Å². The molecule has 0 amide bonds. The Morgan fingerprint density at radius 3 is 2.61 bits per heavy atom. The second-order valence-corrected chi connectivity index (χ2v) is 7.60. The first-order valence-electron chi connectivity index (χ1n) is 8.41. The van der Waals surface area contributed by atoms with E-state index in [4.69, 9.17) is 9.05 Å². The molecule has 0 aliphatic carbocycles. The molecule has 1 aromatic carbocycles. The summed E-state index contributed by atoms with van der Waals surface area (Å²) < 4.78 is 28.8. The standard InChI is InChI=1S/C18H23N2O7P/c1-12-17(22)16(10-21)14(9-19-12)11-26-28(24,20-13(2)18(23)25-3)27-15-7-5-4-6-8-15/h4-9,13,21-22H,10-11H2,1-3H3,(H,20,24)/t13-,28?/m0/s1. The number of ether oxygens (including phenoxy) is 1. The lowest BCUT2D eigenvalue weighted by atomic mass is 10.1. The van der Waals surface area contributed by atoms with E-state index in [0.717, 1.165) is 0 Å². The number of aromatic hydroxyl groups is 1. The lowest BCUT2D eigenvalue weighted by Gasteiger charge is -2.23. The maximum Gasteiger partial charge on any atom is 0.459 e. The van der Waals surface area contributed by atoms with E-state index in [1.807, 2.05) is 0 Å². The van der Waals surface area contributed by atoms with Crippen LogP contribution in [0.2, 0.25) is 0 Å². The van der Waals surface area contributed by atoms with Crippen molar-refractivity contribution in [2.75, 3.05) is 7.11 Å². The molecule has 2 atom stereocenters. The molecule has 9 nitrogen and oxygen atoms in total. The highest BCUT2D eigenvalue weighted by Gasteiger charge is 2.32. The van der Waals surface area contributed by atoms with E-state index >= 15 is 0 Å². The van der Waals surface area contributed by atoms with Crippen LogP contribution in [0.15, 0.2) is 36.5 Å². The van der Waals surface area contributed by atoms with Gasteiger partial charge in [0.15, 0.2) is 0 Å². The molecule has 1 aromatic heterocycles. The number of methoxy groups -OCH3 is 1. The molecule has 0 spiro atoms. The summed E-state index contributed by atoms with van der Waals surface area (Å²) in [7, 11) is -2.82. The molecule has 3 N–H and O–H groups in total. The Bertz CT molecular complexity index is 861. The number of pyridine rings is 1. The third-order valence-corrected chi connectivity index (χ3v) is 5.48. The van der Waals surface area contributed by atoms with Gasteiger partial charge in [-0.3, -0.25) is 14.3 Å². The number of para-hydroxylation sites is 1. The van der Waals surface area contributed by atoms with Gasteiger partial charge in [0.2, 0.25) is 0 Å². The topological polar surface area (TPSA) is 127 Å². The van der Waals surface area contributed by atoms with Gasteiger partial charge in [0.1, 0.15) is 17.5 Å². The van der Waals surface area contributed by atoms with Gasteiger partial charge in [0.05, 0.1) is 26.0 Å². The Morgan fingerprint density at radius 2 is 2.00 bits per heavy atom.